The number of halogens is 3. The number of carbonyl (C=O) groups is 2. The highest BCUT2D eigenvalue weighted by molar-refractivity contribution is 9.11. The van der Waals surface area contributed by atoms with Gasteiger partial charge < -0.3 is 5.32 Å². The fraction of sp³-hybridized carbons (Fsp3) is 0.429. The van der Waals surface area contributed by atoms with E-state index in [2.05, 4.69) is 37.2 Å². The van der Waals surface area contributed by atoms with Crippen LogP contribution in [0, 0.1) is 0 Å². The van der Waals surface area contributed by atoms with Gasteiger partial charge >= 0.3 is 0 Å². The van der Waals surface area contributed by atoms with Crippen molar-refractivity contribution in [2.45, 2.75) is 37.6 Å². The molecule has 1 N–H and O–H groups in total. The van der Waals surface area contributed by atoms with Crippen LogP contribution in [0.25, 0.3) is 0 Å². The molecule has 1 aromatic carbocycles. The number of Topliss-reactive ketones (excluding diaryl/α,β-unsaturated/α-hetero) is 1. The van der Waals surface area contributed by atoms with Crippen LogP contribution in [0.1, 0.15) is 31.9 Å². The average molecular weight is 424 g/mol. The summed E-state index contributed by atoms with van der Waals surface area (Å²) in [6.45, 7) is 5.28. The number of amides is 1. The molecule has 20 heavy (non-hydrogen) atoms. The van der Waals surface area contributed by atoms with E-state index in [0.717, 1.165) is 10.0 Å². The highest BCUT2D eigenvalue weighted by atomic mass is 79.9. The highest BCUT2D eigenvalue weighted by Gasteiger charge is 2.60. The first-order chi connectivity index (χ1) is 9.14. The molecule has 1 fully saturated rings. The number of ketones is 1. The van der Waals surface area contributed by atoms with Gasteiger partial charge in [0.05, 0.1) is 5.54 Å². The molecule has 0 bridgehead atoms. The van der Waals surface area contributed by atoms with E-state index < -0.39 is 16.3 Å². The second kappa shape index (κ2) is 5.11. The summed E-state index contributed by atoms with van der Waals surface area (Å²) in [5.74, 6) is -0.790. The molecule has 0 aliphatic carbocycles. The van der Waals surface area contributed by atoms with Crippen molar-refractivity contribution in [3.63, 3.8) is 0 Å². The standard InChI is InChI=1S/C14H14Br2ClNO2/c1-4-7-5-8(15)6-9(16)10(7)14(17)11(19)13(2,3)18-12(14)20/h5-6H,4H2,1-3H3,(H,18,20). The number of hydrogen-bond acceptors (Lipinski definition) is 2. The van der Waals surface area contributed by atoms with Gasteiger partial charge in [0, 0.05) is 14.5 Å². The van der Waals surface area contributed by atoms with E-state index in [9.17, 15) is 9.59 Å². The molecular formula is C14H14Br2ClNO2. The number of rotatable bonds is 2. The molecule has 108 valence electrons. The molecule has 1 heterocycles. The van der Waals surface area contributed by atoms with Crippen molar-refractivity contribution < 1.29 is 9.59 Å². The topological polar surface area (TPSA) is 46.2 Å². The van der Waals surface area contributed by atoms with Crippen molar-refractivity contribution >= 4 is 55.2 Å². The summed E-state index contributed by atoms with van der Waals surface area (Å²) in [5.41, 5.74) is 0.441. The van der Waals surface area contributed by atoms with Gasteiger partial charge in [0.2, 0.25) is 4.87 Å². The zero-order valence-corrected chi connectivity index (χ0v) is 15.2. The third-order valence-electron chi connectivity index (χ3n) is 3.48. The largest absolute Gasteiger partial charge is 0.342 e. The van der Waals surface area contributed by atoms with Gasteiger partial charge in [0.1, 0.15) is 0 Å². The van der Waals surface area contributed by atoms with Crippen molar-refractivity contribution in [2.75, 3.05) is 0 Å². The minimum Gasteiger partial charge on any atom is -0.342 e. The number of hydrogen-bond donors (Lipinski definition) is 1. The van der Waals surface area contributed by atoms with Crippen LogP contribution in [0.4, 0.5) is 0 Å². The molecule has 0 saturated carbocycles. The molecule has 1 aliphatic rings. The van der Waals surface area contributed by atoms with Crippen LogP contribution in [0.15, 0.2) is 21.1 Å². The molecule has 1 unspecified atom stereocenters. The Labute approximate surface area is 139 Å². The Morgan fingerprint density at radius 3 is 2.30 bits per heavy atom. The SMILES string of the molecule is CCc1cc(Br)cc(Br)c1C1(Cl)C(=O)NC(C)(C)C1=O. The van der Waals surface area contributed by atoms with Crippen LogP contribution in [0.2, 0.25) is 0 Å². The highest BCUT2D eigenvalue weighted by Crippen LogP contribution is 2.45. The lowest BCUT2D eigenvalue weighted by molar-refractivity contribution is -0.127. The van der Waals surface area contributed by atoms with Crippen LogP contribution in [-0.4, -0.2) is 17.2 Å². The van der Waals surface area contributed by atoms with Gasteiger partial charge in [-0.3, -0.25) is 9.59 Å². The van der Waals surface area contributed by atoms with Gasteiger partial charge in [-0.25, -0.2) is 0 Å². The van der Waals surface area contributed by atoms with Crippen molar-refractivity contribution in [1.82, 2.24) is 5.32 Å². The first-order valence-electron chi connectivity index (χ1n) is 6.19. The maximum Gasteiger partial charge on any atom is 0.254 e. The fourth-order valence-electron chi connectivity index (χ4n) is 2.48. The third kappa shape index (κ3) is 2.24. The molecule has 6 heteroatoms. The minimum atomic E-state index is -1.67. The van der Waals surface area contributed by atoms with E-state index in [-0.39, 0.29) is 5.78 Å². The van der Waals surface area contributed by atoms with Crippen LogP contribution < -0.4 is 5.32 Å². The summed E-state index contributed by atoms with van der Waals surface area (Å²) in [5, 5.41) is 2.67. The first-order valence-corrected chi connectivity index (χ1v) is 8.15. The molecule has 0 radical (unpaired) electrons. The van der Waals surface area contributed by atoms with Crippen LogP contribution >= 0.6 is 43.5 Å². The summed E-state index contributed by atoms with van der Waals surface area (Å²) in [7, 11) is 0. The van der Waals surface area contributed by atoms with E-state index >= 15 is 0 Å². The maximum absolute atomic E-state index is 12.6. The second-order valence-corrected chi connectivity index (χ2v) is 7.68. The lowest BCUT2D eigenvalue weighted by atomic mass is 9.85. The summed E-state index contributed by atoms with van der Waals surface area (Å²) in [6, 6.07) is 3.68. The van der Waals surface area contributed by atoms with Crippen molar-refractivity contribution in [1.29, 1.82) is 0 Å². The van der Waals surface area contributed by atoms with E-state index in [1.165, 1.54) is 0 Å². The molecule has 1 aliphatic heterocycles. The Morgan fingerprint density at radius 2 is 1.85 bits per heavy atom. The van der Waals surface area contributed by atoms with Crippen molar-refractivity contribution in [2.24, 2.45) is 0 Å². The summed E-state index contributed by atoms with van der Waals surface area (Å²) in [6.07, 6.45) is 0.669. The molecule has 1 aromatic rings. The predicted molar refractivity (Wildman–Crippen MR) is 86.0 cm³/mol. The third-order valence-corrected chi connectivity index (χ3v) is 5.10. The molecule has 0 aromatic heterocycles. The van der Waals surface area contributed by atoms with Crippen LogP contribution in [0.5, 0.6) is 0 Å². The van der Waals surface area contributed by atoms with Crippen molar-refractivity contribution in [3.05, 3.63) is 32.2 Å². The van der Waals surface area contributed by atoms with E-state index in [4.69, 9.17) is 11.6 Å². The Hall–Kier alpha value is -0.390. The Bertz CT molecular complexity index is 615. The summed E-state index contributed by atoms with van der Waals surface area (Å²) >= 11 is 13.4. The van der Waals surface area contributed by atoms with Crippen molar-refractivity contribution in [3.8, 4) is 0 Å². The number of nitrogens with one attached hydrogen (secondary N) is 1. The lowest BCUT2D eigenvalue weighted by Crippen LogP contribution is -2.40. The molecule has 1 saturated heterocycles. The number of alkyl halides is 1. The van der Waals surface area contributed by atoms with Crippen LogP contribution in [0.3, 0.4) is 0 Å². The zero-order valence-electron chi connectivity index (χ0n) is 11.3. The van der Waals surface area contributed by atoms with E-state index in [0.29, 0.717) is 16.5 Å². The first kappa shape index (κ1) is 16.0. The smallest absolute Gasteiger partial charge is 0.254 e. The minimum absolute atomic E-state index is 0.325. The number of aryl methyl sites for hydroxylation is 1. The molecule has 3 nitrogen and oxygen atoms in total. The maximum atomic E-state index is 12.6. The van der Waals surface area contributed by atoms with Gasteiger partial charge in [0.25, 0.3) is 5.91 Å². The van der Waals surface area contributed by atoms with E-state index in [1.54, 1.807) is 19.9 Å². The molecule has 0 spiro atoms. The van der Waals surface area contributed by atoms with Gasteiger partial charge in [0.15, 0.2) is 5.78 Å². The number of carbonyl (C=O) groups excluding carboxylic acids is 2. The summed E-state index contributed by atoms with van der Waals surface area (Å²) in [4.78, 5) is 23.3. The molecular weight excluding hydrogens is 409 g/mol. The molecule has 1 atom stereocenters. The lowest BCUT2D eigenvalue weighted by Gasteiger charge is -2.24. The van der Waals surface area contributed by atoms with Gasteiger partial charge in [-0.05, 0) is 38.0 Å². The molecule has 2 rings (SSSR count). The monoisotopic (exact) mass is 421 g/mol. The van der Waals surface area contributed by atoms with E-state index in [1.807, 2.05) is 13.0 Å². The Kier molecular flexibility index (Phi) is 4.08. The quantitative estimate of drug-likeness (QED) is 0.583. The second-order valence-electron chi connectivity index (χ2n) is 5.34. The van der Waals surface area contributed by atoms with Crippen LogP contribution in [-0.2, 0) is 20.9 Å². The number of benzene rings is 1. The normalized spacial score (nSPS) is 24.9. The molecule has 1 amide bonds. The average Bonchev–Trinajstić information content (AvgIpc) is 2.49. The van der Waals surface area contributed by atoms with Gasteiger partial charge in [-0.15, -0.1) is 0 Å². The Morgan fingerprint density at radius 1 is 1.25 bits per heavy atom. The van der Waals surface area contributed by atoms with Gasteiger partial charge in [-0.2, -0.15) is 0 Å². The fourth-order valence-corrected chi connectivity index (χ4v) is 4.71. The zero-order chi connectivity index (χ0) is 15.3. The summed E-state index contributed by atoms with van der Waals surface area (Å²) < 4.78 is 1.52. The Balaban J connectivity index is 2.73. The van der Waals surface area contributed by atoms with Gasteiger partial charge in [-0.1, -0.05) is 50.4 Å². The predicted octanol–water partition coefficient (Wildman–Crippen LogP) is 3.69.